The van der Waals surface area contributed by atoms with Crippen LogP contribution >= 0.6 is 15.9 Å². The molecule has 1 rings (SSSR count). The van der Waals surface area contributed by atoms with E-state index < -0.39 is 11.6 Å². The van der Waals surface area contributed by atoms with Gasteiger partial charge in [-0.25, -0.2) is 9.97 Å². The van der Waals surface area contributed by atoms with Crippen molar-refractivity contribution in [3.8, 4) is 0 Å². The van der Waals surface area contributed by atoms with Crippen molar-refractivity contribution in [2.45, 2.75) is 32.4 Å². The van der Waals surface area contributed by atoms with Crippen LogP contribution in [0.2, 0.25) is 0 Å². The number of hydrogen-bond donors (Lipinski definition) is 2. The minimum absolute atomic E-state index is 0.437. The normalized spacial score (nSPS) is 13.8. The number of rotatable bonds is 3. The SMILES string of the molecule is CC(O)C(C)(C)Nc1ncc(Br)cn1. The first-order valence-corrected chi connectivity index (χ1v) is 5.15. The summed E-state index contributed by atoms with van der Waals surface area (Å²) >= 11 is 3.25. The van der Waals surface area contributed by atoms with Gasteiger partial charge in [0.15, 0.2) is 0 Å². The summed E-state index contributed by atoms with van der Waals surface area (Å²) in [5, 5.41) is 12.5. The number of nitrogens with one attached hydrogen (secondary N) is 1. The van der Waals surface area contributed by atoms with Gasteiger partial charge >= 0.3 is 0 Å². The first-order chi connectivity index (χ1) is 6.42. The van der Waals surface area contributed by atoms with Gasteiger partial charge in [-0.2, -0.15) is 0 Å². The lowest BCUT2D eigenvalue weighted by molar-refractivity contribution is 0.132. The van der Waals surface area contributed by atoms with Crippen molar-refractivity contribution in [1.29, 1.82) is 0 Å². The molecule has 1 heterocycles. The molecule has 1 atom stereocenters. The van der Waals surface area contributed by atoms with Crippen molar-refractivity contribution < 1.29 is 5.11 Å². The first-order valence-electron chi connectivity index (χ1n) is 4.35. The van der Waals surface area contributed by atoms with Gasteiger partial charge in [0, 0.05) is 12.4 Å². The summed E-state index contributed by atoms with van der Waals surface area (Å²) < 4.78 is 0.831. The zero-order valence-electron chi connectivity index (χ0n) is 8.45. The van der Waals surface area contributed by atoms with E-state index in [0.29, 0.717) is 5.95 Å². The Morgan fingerprint density at radius 2 is 1.93 bits per heavy atom. The van der Waals surface area contributed by atoms with Crippen LogP contribution in [-0.4, -0.2) is 26.7 Å². The van der Waals surface area contributed by atoms with Crippen LogP contribution in [0, 0.1) is 0 Å². The topological polar surface area (TPSA) is 58.0 Å². The predicted octanol–water partition coefficient (Wildman–Crippen LogP) is 1.81. The first kappa shape index (κ1) is 11.4. The van der Waals surface area contributed by atoms with Crippen molar-refractivity contribution in [1.82, 2.24) is 9.97 Å². The van der Waals surface area contributed by atoms with Gasteiger partial charge in [-0.3, -0.25) is 0 Å². The summed E-state index contributed by atoms with van der Waals surface area (Å²) in [5.74, 6) is 0.513. The zero-order valence-corrected chi connectivity index (χ0v) is 10.0. The Morgan fingerprint density at radius 1 is 1.43 bits per heavy atom. The van der Waals surface area contributed by atoms with Crippen LogP contribution in [0.15, 0.2) is 16.9 Å². The molecule has 0 aliphatic heterocycles. The summed E-state index contributed by atoms with van der Waals surface area (Å²) in [7, 11) is 0. The molecule has 14 heavy (non-hydrogen) atoms. The molecule has 2 N–H and O–H groups in total. The second-order valence-corrected chi connectivity index (χ2v) is 4.66. The average molecular weight is 260 g/mol. The Hall–Kier alpha value is -0.680. The summed E-state index contributed by atoms with van der Waals surface area (Å²) in [6.45, 7) is 5.51. The Bertz CT molecular complexity index is 297. The largest absolute Gasteiger partial charge is 0.391 e. The summed E-state index contributed by atoms with van der Waals surface area (Å²) in [6, 6.07) is 0. The van der Waals surface area contributed by atoms with E-state index in [4.69, 9.17) is 0 Å². The highest BCUT2D eigenvalue weighted by Crippen LogP contribution is 2.15. The van der Waals surface area contributed by atoms with Crippen molar-refractivity contribution in [3.63, 3.8) is 0 Å². The smallest absolute Gasteiger partial charge is 0.223 e. The quantitative estimate of drug-likeness (QED) is 0.870. The lowest BCUT2D eigenvalue weighted by Gasteiger charge is -2.29. The number of hydrogen-bond acceptors (Lipinski definition) is 4. The van der Waals surface area contributed by atoms with E-state index in [9.17, 15) is 5.11 Å². The molecule has 0 saturated heterocycles. The third-order valence-electron chi connectivity index (χ3n) is 2.10. The maximum absolute atomic E-state index is 9.47. The molecule has 1 aromatic rings. The molecule has 78 valence electrons. The molecular formula is C9H14BrN3O. The minimum Gasteiger partial charge on any atom is -0.391 e. The molecular weight excluding hydrogens is 246 g/mol. The molecule has 0 amide bonds. The molecule has 0 fully saturated rings. The summed E-state index contributed by atoms with van der Waals surface area (Å²) in [5.41, 5.74) is -0.437. The summed E-state index contributed by atoms with van der Waals surface area (Å²) in [4.78, 5) is 8.13. The summed E-state index contributed by atoms with van der Waals surface area (Å²) in [6.07, 6.45) is 2.84. The van der Waals surface area contributed by atoms with Crippen molar-refractivity contribution in [3.05, 3.63) is 16.9 Å². The second kappa shape index (κ2) is 4.23. The number of halogens is 1. The van der Waals surface area contributed by atoms with Crippen LogP contribution < -0.4 is 5.32 Å². The molecule has 0 radical (unpaired) electrons. The molecule has 0 aromatic carbocycles. The Morgan fingerprint density at radius 3 is 2.36 bits per heavy atom. The minimum atomic E-state index is -0.477. The highest BCUT2D eigenvalue weighted by Gasteiger charge is 2.24. The van der Waals surface area contributed by atoms with Crippen LogP contribution in [0.3, 0.4) is 0 Å². The van der Waals surface area contributed by atoms with Gasteiger partial charge < -0.3 is 10.4 Å². The van der Waals surface area contributed by atoms with Gasteiger partial charge in [0.2, 0.25) is 5.95 Å². The highest BCUT2D eigenvalue weighted by atomic mass is 79.9. The van der Waals surface area contributed by atoms with Crippen LogP contribution in [0.25, 0.3) is 0 Å². The lowest BCUT2D eigenvalue weighted by Crippen LogP contribution is -2.42. The van der Waals surface area contributed by atoms with Crippen LogP contribution in [0.1, 0.15) is 20.8 Å². The maximum atomic E-state index is 9.47. The number of aliphatic hydroxyl groups excluding tert-OH is 1. The third-order valence-corrected chi connectivity index (χ3v) is 2.51. The number of aliphatic hydroxyl groups is 1. The standard InChI is InChI=1S/C9H14BrN3O/c1-6(14)9(2,3)13-8-11-4-7(10)5-12-8/h4-6,14H,1-3H3,(H,11,12,13). The molecule has 5 heteroatoms. The molecule has 0 aliphatic rings. The van der Waals surface area contributed by atoms with Gasteiger partial charge in [-0.15, -0.1) is 0 Å². The van der Waals surface area contributed by atoms with Gasteiger partial charge in [0.05, 0.1) is 16.1 Å². The van der Waals surface area contributed by atoms with Crippen LogP contribution in [0.4, 0.5) is 5.95 Å². The Labute approximate surface area is 91.9 Å². The van der Waals surface area contributed by atoms with Gasteiger partial charge in [0.1, 0.15) is 0 Å². The lowest BCUT2D eigenvalue weighted by atomic mass is 9.99. The van der Waals surface area contributed by atoms with E-state index in [0.717, 1.165) is 4.47 Å². The molecule has 1 aromatic heterocycles. The fourth-order valence-corrected chi connectivity index (χ4v) is 0.974. The van der Waals surface area contributed by atoms with Gasteiger partial charge in [-0.1, -0.05) is 0 Å². The van der Waals surface area contributed by atoms with Crippen molar-refractivity contribution in [2.24, 2.45) is 0 Å². The maximum Gasteiger partial charge on any atom is 0.223 e. The highest BCUT2D eigenvalue weighted by molar-refractivity contribution is 9.10. The van der Waals surface area contributed by atoms with E-state index in [1.54, 1.807) is 19.3 Å². The fraction of sp³-hybridized carbons (Fsp3) is 0.556. The van der Waals surface area contributed by atoms with Crippen LogP contribution in [0.5, 0.6) is 0 Å². The monoisotopic (exact) mass is 259 g/mol. The molecule has 0 spiro atoms. The predicted molar refractivity (Wildman–Crippen MR) is 59.1 cm³/mol. The molecule has 1 unspecified atom stereocenters. The third kappa shape index (κ3) is 2.92. The fourth-order valence-electron chi connectivity index (χ4n) is 0.769. The van der Waals surface area contributed by atoms with Crippen molar-refractivity contribution in [2.75, 3.05) is 5.32 Å². The second-order valence-electron chi connectivity index (χ2n) is 3.75. The Kier molecular flexibility index (Phi) is 3.44. The zero-order chi connectivity index (χ0) is 10.8. The molecule has 0 aliphatic carbocycles. The van der Waals surface area contributed by atoms with E-state index in [1.165, 1.54) is 0 Å². The van der Waals surface area contributed by atoms with Gasteiger partial charge in [0.25, 0.3) is 0 Å². The molecule has 0 bridgehead atoms. The van der Waals surface area contributed by atoms with Gasteiger partial charge in [-0.05, 0) is 36.7 Å². The van der Waals surface area contributed by atoms with E-state index in [-0.39, 0.29) is 0 Å². The molecule has 4 nitrogen and oxygen atoms in total. The number of anilines is 1. The molecule has 0 saturated carbocycles. The Balaban J connectivity index is 2.74. The average Bonchev–Trinajstić information content (AvgIpc) is 2.08. The van der Waals surface area contributed by atoms with E-state index in [1.807, 2.05) is 13.8 Å². The van der Waals surface area contributed by atoms with E-state index in [2.05, 4.69) is 31.2 Å². The van der Waals surface area contributed by atoms with Crippen LogP contribution in [-0.2, 0) is 0 Å². The van der Waals surface area contributed by atoms with E-state index >= 15 is 0 Å². The number of nitrogens with zero attached hydrogens (tertiary/aromatic N) is 2. The van der Waals surface area contributed by atoms with Crippen molar-refractivity contribution >= 4 is 21.9 Å². The number of aromatic nitrogens is 2.